The molecule has 0 aliphatic heterocycles. The highest BCUT2D eigenvalue weighted by Gasteiger charge is 2.18. The summed E-state index contributed by atoms with van der Waals surface area (Å²) in [6.07, 6.45) is -0.852. The van der Waals surface area contributed by atoms with E-state index >= 15 is 0 Å². The summed E-state index contributed by atoms with van der Waals surface area (Å²) in [5, 5.41) is 24.0. The topological polar surface area (TPSA) is 52.5 Å². The lowest BCUT2D eigenvalue weighted by Crippen LogP contribution is -2.22. The van der Waals surface area contributed by atoms with Gasteiger partial charge in [-0.15, -0.1) is 11.3 Å². The van der Waals surface area contributed by atoms with Crippen LogP contribution in [0.15, 0.2) is 17.5 Å². The molecule has 2 atom stereocenters. The molecule has 13 heavy (non-hydrogen) atoms. The number of nitrogens with one attached hydrogen (secondary N) is 1. The molecular formula is C9H15NO2S. The van der Waals surface area contributed by atoms with E-state index in [4.69, 9.17) is 0 Å². The van der Waals surface area contributed by atoms with Gasteiger partial charge < -0.3 is 15.5 Å². The van der Waals surface area contributed by atoms with Gasteiger partial charge in [0.15, 0.2) is 0 Å². The molecule has 0 bridgehead atoms. The molecule has 0 aliphatic carbocycles. The zero-order chi connectivity index (χ0) is 9.68. The van der Waals surface area contributed by atoms with Crippen molar-refractivity contribution in [1.29, 1.82) is 0 Å². The highest BCUT2D eigenvalue weighted by Crippen LogP contribution is 2.22. The van der Waals surface area contributed by atoms with Crippen molar-refractivity contribution in [2.75, 3.05) is 13.6 Å². The van der Waals surface area contributed by atoms with Crippen LogP contribution in [-0.2, 0) is 0 Å². The van der Waals surface area contributed by atoms with Crippen LogP contribution in [0.2, 0.25) is 0 Å². The first-order chi connectivity index (χ1) is 6.25. The molecule has 0 saturated heterocycles. The zero-order valence-electron chi connectivity index (χ0n) is 7.60. The van der Waals surface area contributed by atoms with E-state index in [1.54, 1.807) is 0 Å². The Morgan fingerprint density at radius 3 is 2.85 bits per heavy atom. The van der Waals surface area contributed by atoms with Crippen LogP contribution in [0.1, 0.15) is 17.4 Å². The molecular weight excluding hydrogens is 186 g/mol. The number of aliphatic hydroxyl groups excluding tert-OH is 2. The van der Waals surface area contributed by atoms with E-state index in [2.05, 4.69) is 5.32 Å². The molecule has 3 N–H and O–H groups in total. The average molecular weight is 201 g/mol. The first-order valence-corrected chi connectivity index (χ1v) is 5.18. The Morgan fingerprint density at radius 1 is 1.54 bits per heavy atom. The van der Waals surface area contributed by atoms with Gasteiger partial charge in [-0.25, -0.2) is 0 Å². The molecule has 0 aromatic carbocycles. The fraction of sp³-hybridized carbons (Fsp3) is 0.556. The monoisotopic (exact) mass is 201 g/mol. The lowest BCUT2D eigenvalue weighted by atomic mass is 10.1. The van der Waals surface area contributed by atoms with Crippen molar-refractivity contribution in [2.45, 2.75) is 18.6 Å². The Kier molecular flexibility index (Phi) is 4.38. The molecule has 0 fully saturated rings. The van der Waals surface area contributed by atoms with Crippen molar-refractivity contribution in [3.8, 4) is 0 Å². The van der Waals surface area contributed by atoms with Gasteiger partial charge in [-0.05, 0) is 31.5 Å². The van der Waals surface area contributed by atoms with Crippen molar-refractivity contribution in [1.82, 2.24) is 5.32 Å². The molecule has 1 rings (SSSR count). The minimum Gasteiger partial charge on any atom is -0.390 e. The molecule has 74 valence electrons. The van der Waals surface area contributed by atoms with Gasteiger partial charge in [-0.1, -0.05) is 6.07 Å². The predicted molar refractivity (Wildman–Crippen MR) is 53.8 cm³/mol. The lowest BCUT2D eigenvalue weighted by molar-refractivity contribution is 0.0161. The van der Waals surface area contributed by atoms with Crippen LogP contribution in [0, 0.1) is 0 Å². The maximum Gasteiger partial charge on any atom is 0.114 e. The van der Waals surface area contributed by atoms with Crippen molar-refractivity contribution in [3.63, 3.8) is 0 Å². The molecule has 0 amide bonds. The Bertz CT molecular complexity index is 226. The molecule has 0 saturated carbocycles. The van der Waals surface area contributed by atoms with Gasteiger partial charge in [0.25, 0.3) is 0 Å². The second-order valence-electron chi connectivity index (χ2n) is 2.92. The quantitative estimate of drug-likeness (QED) is 0.659. The van der Waals surface area contributed by atoms with Crippen molar-refractivity contribution >= 4 is 11.3 Å². The number of aliphatic hydroxyl groups is 2. The van der Waals surface area contributed by atoms with Crippen LogP contribution in [0.3, 0.4) is 0 Å². The van der Waals surface area contributed by atoms with Crippen LogP contribution in [0.5, 0.6) is 0 Å². The van der Waals surface area contributed by atoms with Crippen LogP contribution in [-0.4, -0.2) is 29.9 Å². The Hall–Kier alpha value is -0.420. The molecule has 0 aliphatic rings. The predicted octanol–water partition coefficient (Wildman–Crippen LogP) is 0.752. The summed E-state index contributed by atoms with van der Waals surface area (Å²) in [6.45, 7) is 0.712. The highest BCUT2D eigenvalue weighted by atomic mass is 32.1. The number of hydrogen-bond donors (Lipinski definition) is 3. The average Bonchev–Trinajstić information content (AvgIpc) is 2.65. The maximum absolute atomic E-state index is 9.64. The molecule has 0 radical (unpaired) electrons. The van der Waals surface area contributed by atoms with E-state index in [9.17, 15) is 10.2 Å². The van der Waals surface area contributed by atoms with E-state index in [-0.39, 0.29) is 0 Å². The number of thiophene rings is 1. The minimum absolute atomic E-state index is 0.565. The molecule has 1 aromatic heterocycles. The highest BCUT2D eigenvalue weighted by molar-refractivity contribution is 7.10. The van der Waals surface area contributed by atoms with Crippen LogP contribution in [0.25, 0.3) is 0 Å². The molecule has 2 unspecified atom stereocenters. The van der Waals surface area contributed by atoms with Gasteiger partial charge in [0.2, 0.25) is 0 Å². The fourth-order valence-corrected chi connectivity index (χ4v) is 1.87. The van der Waals surface area contributed by atoms with Crippen molar-refractivity contribution in [2.24, 2.45) is 0 Å². The standard InChI is InChI=1S/C9H15NO2S/c1-10-5-4-7(11)9(12)8-3-2-6-13-8/h2-3,6-7,9-12H,4-5H2,1H3. The van der Waals surface area contributed by atoms with Crippen LogP contribution < -0.4 is 5.32 Å². The van der Waals surface area contributed by atoms with E-state index in [1.807, 2.05) is 24.6 Å². The lowest BCUT2D eigenvalue weighted by Gasteiger charge is -2.15. The van der Waals surface area contributed by atoms with Crippen LogP contribution in [0.4, 0.5) is 0 Å². The molecule has 4 heteroatoms. The van der Waals surface area contributed by atoms with E-state index in [0.717, 1.165) is 4.88 Å². The van der Waals surface area contributed by atoms with Crippen molar-refractivity contribution < 1.29 is 10.2 Å². The SMILES string of the molecule is CNCCC(O)C(O)c1cccs1. The van der Waals surface area contributed by atoms with Gasteiger partial charge in [-0.3, -0.25) is 0 Å². The summed E-state index contributed by atoms with van der Waals surface area (Å²) >= 11 is 1.46. The summed E-state index contributed by atoms with van der Waals surface area (Å²) < 4.78 is 0. The first-order valence-electron chi connectivity index (χ1n) is 4.30. The third kappa shape index (κ3) is 3.08. The van der Waals surface area contributed by atoms with Gasteiger partial charge in [0.1, 0.15) is 6.10 Å². The normalized spacial score (nSPS) is 15.6. The number of hydrogen-bond acceptors (Lipinski definition) is 4. The molecule has 3 nitrogen and oxygen atoms in total. The van der Waals surface area contributed by atoms with E-state index in [0.29, 0.717) is 13.0 Å². The second-order valence-corrected chi connectivity index (χ2v) is 3.90. The summed E-state index contributed by atoms with van der Waals surface area (Å²) in [4.78, 5) is 0.823. The molecule has 1 aromatic rings. The van der Waals surface area contributed by atoms with Crippen LogP contribution >= 0.6 is 11.3 Å². The fourth-order valence-electron chi connectivity index (χ4n) is 1.10. The summed E-state index contributed by atoms with van der Waals surface area (Å²) in [7, 11) is 1.82. The molecule has 1 heterocycles. The molecule has 0 spiro atoms. The summed E-state index contributed by atoms with van der Waals surface area (Å²) in [5.41, 5.74) is 0. The van der Waals surface area contributed by atoms with Gasteiger partial charge >= 0.3 is 0 Å². The minimum atomic E-state index is -0.742. The third-order valence-electron chi connectivity index (χ3n) is 1.89. The third-order valence-corrected chi connectivity index (χ3v) is 2.83. The Balaban J connectivity index is 2.43. The zero-order valence-corrected chi connectivity index (χ0v) is 8.42. The van der Waals surface area contributed by atoms with E-state index < -0.39 is 12.2 Å². The largest absolute Gasteiger partial charge is 0.390 e. The smallest absolute Gasteiger partial charge is 0.114 e. The number of rotatable bonds is 5. The van der Waals surface area contributed by atoms with Crippen molar-refractivity contribution in [3.05, 3.63) is 22.4 Å². The summed E-state index contributed by atoms with van der Waals surface area (Å²) in [6, 6.07) is 3.70. The van der Waals surface area contributed by atoms with Gasteiger partial charge in [-0.2, -0.15) is 0 Å². The maximum atomic E-state index is 9.64. The van der Waals surface area contributed by atoms with Gasteiger partial charge in [0, 0.05) is 4.88 Å². The first kappa shape index (κ1) is 10.7. The Labute approximate surface area is 82.0 Å². The van der Waals surface area contributed by atoms with E-state index in [1.165, 1.54) is 11.3 Å². The Morgan fingerprint density at radius 2 is 2.31 bits per heavy atom. The second kappa shape index (κ2) is 5.34. The van der Waals surface area contributed by atoms with Gasteiger partial charge in [0.05, 0.1) is 6.10 Å². The summed E-state index contributed by atoms with van der Waals surface area (Å²) in [5.74, 6) is 0.